The summed E-state index contributed by atoms with van der Waals surface area (Å²) in [5.74, 6) is 0.568. The molecule has 1 saturated carbocycles. The average molecular weight is 242 g/mol. The molecule has 94 valence electrons. The molecule has 4 heteroatoms. The van der Waals surface area contributed by atoms with Gasteiger partial charge in [0.15, 0.2) is 0 Å². The highest BCUT2D eigenvalue weighted by Crippen LogP contribution is 2.42. The van der Waals surface area contributed by atoms with Crippen molar-refractivity contribution >= 4 is 5.82 Å². The number of nitrogen functional groups attached to an aromatic ring is 1. The summed E-state index contributed by atoms with van der Waals surface area (Å²) < 4.78 is 2.20. The van der Waals surface area contributed by atoms with Gasteiger partial charge in [-0.2, -0.15) is 0 Å². The molecular weight excluding hydrogens is 224 g/mol. The number of imidazole rings is 1. The largest absolute Gasteiger partial charge is 0.383 e. The van der Waals surface area contributed by atoms with Gasteiger partial charge in [-0.05, 0) is 30.4 Å². The summed E-state index contributed by atoms with van der Waals surface area (Å²) in [6.45, 7) is 3.35. The maximum Gasteiger partial charge on any atom is 0.132 e. The van der Waals surface area contributed by atoms with Crippen LogP contribution in [-0.4, -0.2) is 14.5 Å². The summed E-state index contributed by atoms with van der Waals surface area (Å²) in [5.41, 5.74) is 8.40. The summed E-state index contributed by atoms with van der Waals surface area (Å²) >= 11 is 0. The molecule has 18 heavy (non-hydrogen) atoms. The van der Waals surface area contributed by atoms with Gasteiger partial charge in [-0.3, -0.25) is 0 Å². The smallest absolute Gasteiger partial charge is 0.132 e. The summed E-state index contributed by atoms with van der Waals surface area (Å²) in [6, 6.07) is 3.91. The molecule has 1 aliphatic carbocycles. The first-order valence-corrected chi connectivity index (χ1v) is 6.39. The lowest BCUT2D eigenvalue weighted by molar-refractivity contribution is 0.133. The van der Waals surface area contributed by atoms with Crippen LogP contribution in [0.1, 0.15) is 26.2 Å². The van der Waals surface area contributed by atoms with Crippen LogP contribution >= 0.6 is 0 Å². The minimum atomic E-state index is 0.423. The van der Waals surface area contributed by atoms with Crippen molar-refractivity contribution in [2.75, 3.05) is 5.73 Å². The highest BCUT2D eigenvalue weighted by molar-refractivity contribution is 5.70. The number of nitrogens with two attached hydrogens (primary N) is 1. The summed E-state index contributed by atoms with van der Waals surface area (Å²) in [4.78, 5) is 8.41. The highest BCUT2D eigenvalue weighted by atomic mass is 15.1. The third-order valence-corrected chi connectivity index (χ3v) is 3.94. The Morgan fingerprint density at radius 1 is 1.44 bits per heavy atom. The summed E-state index contributed by atoms with van der Waals surface area (Å²) in [7, 11) is 0. The van der Waals surface area contributed by atoms with Crippen molar-refractivity contribution < 1.29 is 0 Å². The number of rotatable bonds is 3. The molecule has 1 fully saturated rings. The molecule has 0 saturated heterocycles. The van der Waals surface area contributed by atoms with Crippen molar-refractivity contribution in [2.45, 2.75) is 32.7 Å². The number of nitrogens with zero attached hydrogens (tertiary/aromatic N) is 3. The molecule has 0 bridgehead atoms. The Hall–Kier alpha value is -1.84. The Bertz CT molecular complexity index is 554. The van der Waals surface area contributed by atoms with E-state index in [2.05, 4.69) is 21.5 Å². The minimum Gasteiger partial charge on any atom is -0.383 e. The fourth-order valence-corrected chi connectivity index (χ4v) is 2.65. The summed E-state index contributed by atoms with van der Waals surface area (Å²) in [5, 5.41) is 0. The molecule has 2 aromatic heterocycles. The number of pyridine rings is 1. The first kappa shape index (κ1) is 11.3. The zero-order chi connectivity index (χ0) is 12.6. The van der Waals surface area contributed by atoms with Gasteiger partial charge in [0.2, 0.25) is 0 Å². The van der Waals surface area contributed by atoms with Crippen LogP contribution in [-0.2, 0) is 6.54 Å². The number of hydrogen-bond acceptors (Lipinski definition) is 3. The van der Waals surface area contributed by atoms with Crippen LogP contribution < -0.4 is 5.73 Å². The molecule has 0 aliphatic heterocycles. The standard InChI is InChI=1S/C14H18N4/c1-14(5-3-6-14)9-18-10-16-8-12(18)11-4-2-7-17-13(11)15/h2,4,7-8,10H,3,5-6,9H2,1H3,(H2,15,17). The zero-order valence-corrected chi connectivity index (χ0v) is 10.6. The summed E-state index contributed by atoms with van der Waals surface area (Å²) in [6.07, 6.45) is 9.42. The van der Waals surface area contributed by atoms with Gasteiger partial charge < -0.3 is 10.3 Å². The molecular formula is C14H18N4. The normalized spacial score (nSPS) is 17.4. The van der Waals surface area contributed by atoms with E-state index in [0.29, 0.717) is 11.2 Å². The number of hydrogen-bond donors (Lipinski definition) is 1. The molecule has 0 amide bonds. The van der Waals surface area contributed by atoms with Crippen LogP contribution in [0.3, 0.4) is 0 Å². The molecule has 2 heterocycles. The molecule has 0 aromatic carbocycles. The van der Waals surface area contributed by atoms with Crippen molar-refractivity contribution in [3.63, 3.8) is 0 Å². The molecule has 2 aromatic rings. The van der Waals surface area contributed by atoms with E-state index in [4.69, 9.17) is 5.73 Å². The Labute approximate surface area is 107 Å². The number of anilines is 1. The topological polar surface area (TPSA) is 56.7 Å². The first-order valence-electron chi connectivity index (χ1n) is 6.39. The predicted molar refractivity (Wildman–Crippen MR) is 71.8 cm³/mol. The maximum atomic E-state index is 5.94. The van der Waals surface area contributed by atoms with Crippen LogP contribution in [0.4, 0.5) is 5.82 Å². The van der Waals surface area contributed by atoms with E-state index in [-0.39, 0.29) is 0 Å². The molecule has 3 rings (SSSR count). The lowest BCUT2D eigenvalue weighted by atomic mass is 9.70. The third-order valence-electron chi connectivity index (χ3n) is 3.94. The van der Waals surface area contributed by atoms with Gasteiger partial charge >= 0.3 is 0 Å². The second-order valence-corrected chi connectivity index (χ2v) is 5.51. The molecule has 0 atom stereocenters. The van der Waals surface area contributed by atoms with Crippen molar-refractivity contribution in [3.8, 4) is 11.3 Å². The van der Waals surface area contributed by atoms with Gasteiger partial charge in [0.05, 0.1) is 18.2 Å². The van der Waals surface area contributed by atoms with Crippen molar-refractivity contribution in [1.82, 2.24) is 14.5 Å². The van der Waals surface area contributed by atoms with Gasteiger partial charge in [-0.1, -0.05) is 13.3 Å². The monoisotopic (exact) mass is 242 g/mol. The van der Waals surface area contributed by atoms with Crippen molar-refractivity contribution in [3.05, 3.63) is 30.9 Å². The molecule has 1 aliphatic rings. The van der Waals surface area contributed by atoms with Gasteiger partial charge in [-0.15, -0.1) is 0 Å². The van der Waals surface area contributed by atoms with E-state index in [1.165, 1.54) is 19.3 Å². The van der Waals surface area contributed by atoms with E-state index in [0.717, 1.165) is 17.8 Å². The first-order chi connectivity index (χ1) is 8.68. The van der Waals surface area contributed by atoms with Crippen LogP contribution in [0.5, 0.6) is 0 Å². The Morgan fingerprint density at radius 3 is 2.94 bits per heavy atom. The zero-order valence-electron chi connectivity index (χ0n) is 10.6. The van der Waals surface area contributed by atoms with Crippen LogP contribution in [0, 0.1) is 5.41 Å². The second kappa shape index (κ2) is 4.12. The second-order valence-electron chi connectivity index (χ2n) is 5.51. The van der Waals surface area contributed by atoms with E-state index in [9.17, 15) is 0 Å². The fraction of sp³-hybridized carbons (Fsp3) is 0.429. The molecule has 2 N–H and O–H groups in total. The van der Waals surface area contributed by atoms with Gasteiger partial charge in [-0.25, -0.2) is 9.97 Å². The van der Waals surface area contributed by atoms with E-state index >= 15 is 0 Å². The van der Waals surface area contributed by atoms with Gasteiger partial charge in [0.1, 0.15) is 5.82 Å². The maximum absolute atomic E-state index is 5.94. The Morgan fingerprint density at radius 2 is 2.28 bits per heavy atom. The van der Waals surface area contributed by atoms with Crippen molar-refractivity contribution in [2.24, 2.45) is 5.41 Å². The molecule has 4 nitrogen and oxygen atoms in total. The van der Waals surface area contributed by atoms with Crippen LogP contribution in [0.15, 0.2) is 30.9 Å². The minimum absolute atomic E-state index is 0.423. The average Bonchev–Trinajstić information content (AvgIpc) is 2.75. The van der Waals surface area contributed by atoms with E-state index in [1.54, 1.807) is 6.20 Å². The van der Waals surface area contributed by atoms with Crippen LogP contribution in [0.25, 0.3) is 11.3 Å². The lowest BCUT2D eigenvalue weighted by Crippen LogP contribution is -2.30. The van der Waals surface area contributed by atoms with Crippen LogP contribution in [0.2, 0.25) is 0 Å². The Kier molecular flexibility index (Phi) is 2.58. The van der Waals surface area contributed by atoms with Gasteiger partial charge in [0, 0.05) is 18.3 Å². The molecule has 0 unspecified atom stereocenters. The van der Waals surface area contributed by atoms with E-state index in [1.807, 2.05) is 24.7 Å². The fourth-order valence-electron chi connectivity index (χ4n) is 2.65. The quantitative estimate of drug-likeness (QED) is 0.900. The lowest BCUT2D eigenvalue weighted by Gasteiger charge is -2.39. The van der Waals surface area contributed by atoms with E-state index < -0.39 is 0 Å². The highest BCUT2D eigenvalue weighted by Gasteiger charge is 2.32. The SMILES string of the molecule is CC1(Cn2cncc2-c2cccnc2N)CCC1. The molecule has 0 radical (unpaired) electrons. The van der Waals surface area contributed by atoms with Crippen molar-refractivity contribution in [1.29, 1.82) is 0 Å². The number of aromatic nitrogens is 3. The predicted octanol–water partition coefficient (Wildman–Crippen LogP) is 2.72. The third kappa shape index (κ3) is 1.88. The molecule has 0 spiro atoms. The Balaban J connectivity index is 1.94. The van der Waals surface area contributed by atoms with Gasteiger partial charge in [0.25, 0.3) is 0 Å².